The Hall–Kier alpha value is -3.59. The molecule has 3 aromatic heterocycles. The molecule has 0 aliphatic carbocycles. The number of pyridine rings is 1. The van der Waals surface area contributed by atoms with Crippen molar-refractivity contribution in [2.24, 2.45) is 0 Å². The third kappa shape index (κ3) is 3.92. The van der Waals surface area contributed by atoms with Crippen LogP contribution in [0.2, 0.25) is 0 Å². The largest absolute Gasteiger partial charge is 0.497 e. The van der Waals surface area contributed by atoms with E-state index in [1.165, 1.54) is 25.1 Å². The van der Waals surface area contributed by atoms with E-state index < -0.39 is 5.97 Å². The number of carbonyl (C=O) groups is 1. The minimum Gasteiger partial charge on any atom is -0.497 e. The lowest BCUT2D eigenvalue weighted by Gasteiger charge is -2.11. The molecule has 3 heterocycles. The average molecular weight is 422 g/mol. The smallest absolute Gasteiger partial charge is 0.374 e. The van der Waals surface area contributed by atoms with Gasteiger partial charge in [0.15, 0.2) is 11.0 Å². The van der Waals surface area contributed by atoms with Crippen LogP contribution in [0.1, 0.15) is 16.1 Å². The fraction of sp³-hybridized carbons (Fsp3) is 0.143. The summed E-state index contributed by atoms with van der Waals surface area (Å²) in [6.45, 7) is 0. The van der Waals surface area contributed by atoms with Crippen LogP contribution in [0, 0.1) is 0 Å². The van der Waals surface area contributed by atoms with Crippen molar-refractivity contribution in [3.05, 3.63) is 72.4 Å². The van der Waals surface area contributed by atoms with Crippen molar-refractivity contribution < 1.29 is 18.7 Å². The summed E-state index contributed by atoms with van der Waals surface area (Å²) in [6, 6.07) is 13.1. The zero-order valence-electron chi connectivity index (χ0n) is 16.3. The number of benzene rings is 1. The van der Waals surface area contributed by atoms with Crippen molar-refractivity contribution in [1.82, 2.24) is 19.7 Å². The lowest BCUT2D eigenvalue weighted by atomic mass is 10.2. The van der Waals surface area contributed by atoms with Crippen LogP contribution in [-0.2, 0) is 10.5 Å². The summed E-state index contributed by atoms with van der Waals surface area (Å²) >= 11 is 1.44. The Morgan fingerprint density at radius 1 is 1.07 bits per heavy atom. The van der Waals surface area contributed by atoms with Gasteiger partial charge in [0.25, 0.3) is 0 Å². The molecule has 0 atom stereocenters. The summed E-state index contributed by atoms with van der Waals surface area (Å²) < 4.78 is 17.3. The number of nitrogens with zero attached hydrogens (tertiary/aromatic N) is 4. The number of hydrogen-bond acceptors (Lipinski definition) is 8. The van der Waals surface area contributed by atoms with Gasteiger partial charge in [0.05, 0.1) is 20.5 Å². The lowest BCUT2D eigenvalue weighted by Crippen LogP contribution is -2.03. The number of methoxy groups -OCH3 is 2. The first-order chi connectivity index (χ1) is 14.7. The number of hydrogen-bond donors (Lipinski definition) is 0. The first-order valence-corrected chi connectivity index (χ1v) is 9.97. The third-order valence-electron chi connectivity index (χ3n) is 4.38. The van der Waals surface area contributed by atoms with E-state index >= 15 is 0 Å². The monoisotopic (exact) mass is 422 g/mol. The van der Waals surface area contributed by atoms with Gasteiger partial charge < -0.3 is 13.9 Å². The maximum Gasteiger partial charge on any atom is 0.374 e. The van der Waals surface area contributed by atoms with Gasteiger partial charge in [-0.15, -0.1) is 10.2 Å². The maximum atomic E-state index is 11.9. The highest BCUT2D eigenvalue weighted by molar-refractivity contribution is 7.98. The highest BCUT2D eigenvalue weighted by Gasteiger charge is 2.20. The van der Waals surface area contributed by atoms with E-state index in [4.69, 9.17) is 13.9 Å². The van der Waals surface area contributed by atoms with Gasteiger partial charge in [-0.05, 0) is 42.5 Å². The zero-order chi connectivity index (χ0) is 20.9. The van der Waals surface area contributed by atoms with Crippen LogP contribution >= 0.6 is 11.8 Å². The Morgan fingerprint density at radius 3 is 2.53 bits per heavy atom. The summed E-state index contributed by atoms with van der Waals surface area (Å²) in [5.74, 6) is 1.59. The molecule has 0 amide bonds. The van der Waals surface area contributed by atoms with Crippen molar-refractivity contribution in [3.63, 3.8) is 0 Å². The second-order valence-electron chi connectivity index (χ2n) is 6.13. The molecule has 0 radical (unpaired) electrons. The van der Waals surface area contributed by atoms with Crippen LogP contribution in [-0.4, -0.2) is 39.9 Å². The molecule has 8 nitrogen and oxygen atoms in total. The van der Waals surface area contributed by atoms with Crippen LogP contribution in [0.3, 0.4) is 0 Å². The molecule has 0 N–H and O–H groups in total. The molecule has 30 heavy (non-hydrogen) atoms. The minimum atomic E-state index is -0.510. The Morgan fingerprint density at radius 2 is 1.83 bits per heavy atom. The van der Waals surface area contributed by atoms with Crippen LogP contribution in [0.4, 0.5) is 0 Å². The maximum absolute atomic E-state index is 11.9. The Bertz CT molecular complexity index is 1140. The standard InChI is InChI=1S/C21H18N4O4S/c1-27-17-5-3-16(4-6-17)25-19(14-7-10-22-11-8-14)23-24-21(25)30-13-15-9-12-29-18(15)20(26)28-2/h3-12H,13H2,1-2H3. The molecule has 152 valence electrons. The van der Waals surface area contributed by atoms with Crippen LogP contribution in [0.25, 0.3) is 17.1 Å². The van der Waals surface area contributed by atoms with Crippen LogP contribution < -0.4 is 4.74 Å². The van der Waals surface area contributed by atoms with Crippen molar-refractivity contribution in [3.8, 4) is 22.8 Å². The molecule has 0 aliphatic rings. The van der Waals surface area contributed by atoms with Crippen LogP contribution in [0.15, 0.2) is 70.7 Å². The number of ether oxygens (including phenoxy) is 2. The molecule has 4 rings (SSSR count). The van der Waals surface area contributed by atoms with Gasteiger partial charge in [0, 0.05) is 35.0 Å². The number of rotatable bonds is 7. The van der Waals surface area contributed by atoms with E-state index in [1.807, 2.05) is 41.0 Å². The summed E-state index contributed by atoms with van der Waals surface area (Å²) in [7, 11) is 2.95. The summed E-state index contributed by atoms with van der Waals surface area (Å²) in [5.41, 5.74) is 2.50. The summed E-state index contributed by atoms with van der Waals surface area (Å²) in [6.07, 6.45) is 4.89. The van der Waals surface area contributed by atoms with E-state index in [0.29, 0.717) is 16.7 Å². The molecule has 4 aromatic rings. The first kappa shape index (κ1) is 19.7. The van der Waals surface area contributed by atoms with Gasteiger partial charge in [-0.25, -0.2) is 4.79 Å². The van der Waals surface area contributed by atoms with Gasteiger partial charge in [-0.3, -0.25) is 9.55 Å². The molecular formula is C21H18N4O4S. The highest BCUT2D eigenvalue weighted by Crippen LogP contribution is 2.31. The Kier molecular flexibility index (Phi) is 5.80. The van der Waals surface area contributed by atoms with Gasteiger partial charge >= 0.3 is 5.97 Å². The zero-order valence-corrected chi connectivity index (χ0v) is 17.1. The molecule has 0 bridgehead atoms. The topological polar surface area (TPSA) is 92.3 Å². The number of furan rings is 1. The second kappa shape index (κ2) is 8.83. The minimum absolute atomic E-state index is 0.190. The molecular weight excluding hydrogens is 404 g/mol. The normalized spacial score (nSPS) is 10.7. The van der Waals surface area contributed by atoms with Gasteiger partial charge in [-0.1, -0.05) is 11.8 Å². The van der Waals surface area contributed by atoms with E-state index in [0.717, 1.165) is 22.6 Å². The molecule has 0 unspecified atom stereocenters. The fourth-order valence-corrected chi connectivity index (χ4v) is 3.81. The molecule has 1 aromatic carbocycles. The number of aromatic nitrogens is 4. The second-order valence-corrected chi connectivity index (χ2v) is 7.07. The molecule has 0 fully saturated rings. The quantitative estimate of drug-likeness (QED) is 0.326. The van der Waals surface area contributed by atoms with Crippen molar-refractivity contribution >= 4 is 17.7 Å². The number of esters is 1. The SMILES string of the molecule is COC(=O)c1occc1CSc1nnc(-c2ccncc2)n1-c1ccc(OC)cc1. The van der Waals surface area contributed by atoms with Crippen molar-refractivity contribution in [2.45, 2.75) is 10.9 Å². The highest BCUT2D eigenvalue weighted by atomic mass is 32.2. The van der Waals surface area contributed by atoms with E-state index in [9.17, 15) is 4.79 Å². The predicted octanol–water partition coefficient (Wildman–Crippen LogP) is 4.01. The predicted molar refractivity (Wildman–Crippen MR) is 111 cm³/mol. The van der Waals surface area contributed by atoms with Gasteiger partial charge in [0.1, 0.15) is 5.75 Å². The van der Waals surface area contributed by atoms with E-state index in [2.05, 4.69) is 15.2 Å². The molecule has 0 aliphatic heterocycles. The summed E-state index contributed by atoms with van der Waals surface area (Å²) in [4.78, 5) is 15.9. The first-order valence-electron chi connectivity index (χ1n) is 8.99. The average Bonchev–Trinajstić information content (AvgIpc) is 3.45. The molecule has 0 saturated carbocycles. The molecule has 9 heteroatoms. The Labute approximate surface area is 176 Å². The number of carbonyl (C=O) groups excluding carboxylic acids is 1. The van der Waals surface area contributed by atoms with E-state index in [-0.39, 0.29) is 5.76 Å². The molecule has 0 saturated heterocycles. The fourth-order valence-electron chi connectivity index (χ4n) is 2.88. The Balaban J connectivity index is 1.70. The lowest BCUT2D eigenvalue weighted by molar-refractivity contribution is 0.0564. The van der Waals surface area contributed by atoms with Crippen molar-refractivity contribution in [2.75, 3.05) is 14.2 Å². The molecule has 0 spiro atoms. The van der Waals surface area contributed by atoms with Gasteiger partial charge in [0.2, 0.25) is 5.76 Å². The third-order valence-corrected chi connectivity index (χ3v) is 5.35. The van der Waals surface area contributed by atoms with Crippen LogP contribution in [0.5, 0.6) is 5.75 Å². The van der Waals surface area contributed by atoms with Gasteiger partial charge in [-0.2, -0.15) is 0 Å². The number of thioether (sulfide) groups is 1. The van der Waals surface area contributed by atoms with E-state index in [1.54, 1.807) is 25.6 Å². The van der Waals surface area contributed by atoms with Crippen molar-refractivity contribution in [1.29, 1.82) is 0 Å². The summed E-state index contributed by atoms with van der Waals surface area (Å²) in [5, 5.41) is 9.45.